The molecule has 21 heavy (non-hydrogen) atoms. The summed E-state index contributed by atoms with van der Waals surface area (Å²) < 4.78 is 19.2. The Morgan fingerprint density at radius 3 is 2.86 bits per heavy atom. The summed E-state index contributed by atoms with van der Waals surface area (Å²) in [5.74, 6) is -0.244. The van der Waals surface area contributed by atoms with E-state index in [2.05, 4.69) is 6.92 Å². The van der Waals surface area contributed by atoms with Crippen molar-refractivity contribution >= 4 is 11.4 Å². The van der Waals surface area contributed by atoms with Crippen LogP contribution in [0.2, 0.25) is 0 Å². The minimum absolute atomic E-state index is 0.0688. The van der Waals surface area contributed by atoms with Crippen molar-refractivity contribution in [3.05, 3.63) is 28.1 Å². The standard InChI is InChI=1S/C14H20FN3O3/c1-3-9-8-17(5-4-11(9)16)12-7-14(21-2)13(18(19)20)6-10(12)15/h6-7,9,11H,3-5,8,16H2,1-2H3. The molecule has 0 spiro atoms. The molecular weight excluding hydrogens is 277 g/mol. The number of halogens is 1. The van der Waals surface area contributed by atoms with Crippen molar-refractivity contribution < 1.29 is 14.1 Å². The van der Waals surface area contributed by atoms with Gasteiger partial charge in [-0.05, 0) is 12.3 Å². The van der Waals surface area contributed by atoms with Crippen LogP contribution >= 0.6 is 0 Å². The summed E-state index contributed by atoms with van der Waals surface area (Å²) in [5.41, 5.74) is 6.03. The highest BCUT2D eigenvalue weighted by atomic mass is 19.1. The molecule has 6 nitrogen and oxygen atoms in total. The lowest BCUT2D eigenvalue weighted by atomic mass is 9.90. The quantitative estimate of drug-likeness (QED) is 0.681. The van der Waals surface area contributed by atoms with E-state index in [0.717, 1.165) is 18.9 Å². The summed E-state index contributed by atoms with van der Waals surface area (Å²) >= 11 is 0. The average Bonchev–Trinajstić information content (AvgIpc) is 2.47. The first-order valence-electron chi connectivity index (χ1n) is 7.00. The zero-order valence-corrected chi connectivity index (χ0v) is 12.2. The number of hydrogen-bond acceptors (Lipinski definition) is 5. The van der Waals surface area contributed by atoms with Gasteiger partial charge in [0.05, 0.1) is 23.8 Å². The van der Waals surface area contributed by atoms with Crippen LogP contribution in [0.15, 0.2) is 12.1 Å². The average molecular weight is 297 g/mol. The van der Waals surface area contributed by atoms with Gasteiger partial charge >= 0.3 is 5.69 Å². The number of piperidine rings is 1. The van der Waals surface area contributed by atoms with Gasteiger partial charge in [0.25, 0.3) is 0 Å². The minimum atomic E-state index is -0.646. The minimum Gasteiger partial charge on any atom is -0.490 e. The Morgan fingerprint density at radius 2 is 2.29 bits per heavy atom. The van der Waals surface area contributed by atoms with Crippen molar-refractivity contribution in [3.63, 3.8) is 0 Å². The summed E-state index contributed by atoms with van der Waals surface area (Å²) in [5, 5.41) is 10.9. The molecular formula is C14H20FN3O3. The van der Waals surface area contributed by atoms with Crippen LogP contribution in [0.5, 0.6) is 5.75 Å². The fourth-order valence-corrected chi connectivity index (χ4v) is 2.78. The topological polar surface area (TPSA) is 81.6 Å². The number of ether oxygens (including phenoxy) is 1. The van der Waals surface area contributed by atoms with Crippen LogP contribution < -0.4 is 15.4 Å². The van der Waals surface area contributed by atoms with Gasteiger partial charge in [-0.2, -0.15) is 0 Å². The molecule has 1 aliphatic rings. The van der Waals surface area contributed by atoms with Crippen molar-refractivity contribution in [2.24, 2.45) is 11.7 Å². The van der Waals surface area contributed by atoms with Crippen LogP contribution in [0, 0.1) is 21.8 Å². The summed E-state index contributed by atoms with van der Waals surface area (Å²) in [6.07, 6.45) is 1.70. The second-order valence-corrected chi connectivity index (χ2v) is 5.30. The second-order valence-electron chi connectivity index (χ2n) is 5.30. The van der Waals surface area contributed by atoms with Crippen LogP contribution in [-0.2, 0) is 0 Å². The van der Waals surface area contributed by atoms with Crippen molar-refractivity contribution in [1.82, 2.24) is 0 Å². The number of benzene rings is 1. The highest BCUT2D eigenvalue weighted by Crippen LogP contribution is 2.35. The van der Waals surface area contributed by atoms with Crippen LogP contribution in [0.1, 0.15) is 19.8 Å². The maximum Gasteiger partial charge on any atom is 0.313 e. The van der Waals surface area contributed by atoms with E-state index >= 15 is 0 Å². The summed E-state index contributed by atoms with van der Waals surface area (Å²) in [4.78, 5) is 12.1. The lowest BCUT2D eigenvalue weighted by Gasteiger charge is -2.38. The number of nitrogens with two attached hydrogens (primary N) is 1. The number of nitrogens with zero attached hydrogens (tertiary/aromatic N) is 2. The molecule has 7 heteroatoms. The smallest absolute Gasteiger partial charge is 0.313 e. The number of rotatable bonds is 4. The van der Waals surface area contributed by atoms with Gasteiger partial charge in [-0.1, -0.05) is 13.3 Å². The Kier molecular flexibility index (Phi) is 4.62. The van der Waals surface area contributed by atoms with E-state index in [0.29, 0.717) is 24.7 Å². The summed E-state index contributed by atoms with van der Waals surface area (Å²) in [7, 11) is 1.34. The third-order valence-electron chi connectivity index (χ3n) is 4.10. The molecule has 1 aromatic carbocycles. The predicted molar refractivity (Wildman–Crippen MR) is 78.2 cm³/mol. The number of anilines is 1. The lowest BCUT2D eigenvalue weighted by molar-refractivity contribution is -0.385. The second kappa shape index (κ2) is 6.26. The molecule has 2 atom stereocenters. The molecule has 0 amide bonds. The Balaban J connectivity index is 2.33. The van der Waals surface area contributed by atoms with Crippen LogP contribution in [0.3, 0.4) is 0 Å². The van der Waals surface area contributed by atoms with Crippen LogP contribution in [0.25, 0.3) is 0 Å². The predicted octanol–water partition coefficient (Wildman–Crippen LogP) is 2.31. The summed E-state index contributed by atoms with van der Waals surface area (Å²) in [6.45, 7) is 3.34. The van der Waals surface area contributed by atoms with Gasteiger partial charge < -0.3 is 15.4 Å². The molecule has 116 valence electrons. The first kappa shape index (κ1) is 15.5. The summed E-state index contributed by atoms with van der Waals surface area (Å²) in [6, 6.07) is 2.44. The van der Waals surface area contributed by atoms with Crippen molar-refractivity contribution in [3.8, 4) is 5.75 Å². The van der Waals surface area contributed by atoms with E-state index in [4.69, 9.17) is 10.5 Å². The fraction of sp³-hybridized carbons (Fsp3) is 0.571. The molecule has 0 aliphatic carbocycles. The maximum absolute atomic E-state index is 14.2. The molecule has 1 aromatic rings. The van der Waals surface area contributed by atoms with Crippen molar-refractivity contribution in [1.29, 1.82) is 0 Å². The van der Waals surface area contributed by atoms with Gasteiger partial charge in [-0.15, -0.1) is 0 Å². The SMILES string of the molecule is CCC1CN(c2cc(OC)c([N+](=O)[O-])cc2F)CCC1N. The molecule has 0 radical (unpaired) electrons. The third-order valence-corrected chi connectivity index (χ3v) is 4.10. The largest absolute Gasteiger partial charge is 0.490 e. The lowest BCUT2D eigenvalue weighted by Crippen LogP contribution is -2.47. The maximum atomic E-state index is 14.2. The van der Waals surface area contributed by atoms with E-state index in [1.807, 2.05) is 4.90 Å². The Morgan fingerprint density at radius 1 is 1.57 bits per heavy atom. The molecule has 0 aromatic heterocycles. The molecule has 2 unspecified atom stereocenters. The van der Waals surface area contributed by atoms with Crippen molar-refractivity contribution in [2.45, 2.75) is 25.8 Å². The first-order valence-corrected chi connectivity index (χ1v) is 7.00. The Labute approximate surface area is 122 Å². The van der Waals surface area contributed by atoms with Gasteiger partial charge in [0, 0.05) is 25.2 Å². The van der Waals surface area contributed by atoms with Gasteiger partial charge in [0.2, 0.25) is 0 Å². The van der Waals surface area contributed by atoms with Crippen molar-refractivity contribution in [2.75, 3.05) is 25.1 Å². The monoisotopic (exact) mass is 297 g/mol. The molecule has 2 N–H and O–H groups in total. The number of nitro groups is 1. The normalized spacial score (nSPS) is 22.2. The molecule has 1 aliphatic heterocycles. The Bertz CT molecular complexity index is 538. The highest BCUT2D eigenvalue weighted by Gasteiger charge is 2.29. The van der Waals surface area contributed by atoms with Crippen LogP contribution in [0.4, 0.5) is 15.8 Å². The first-order chi connectivity index (χ1) is 9.97. The van der Waals surface area contributed by atoms with Gasteiger partial charge in [-0.25, -0.2) is 4.39 Å². The van der Waals surface area contributed by atoms with E-state index < -0.39 is 10.7 Å². The number of methoxy groups -OCH3 is 1. The molecule has 1 heterocycles. The Hall–Kier alpha value is -1.89. The van der Waals surface area contributed by atoms with E-state index in [1.165, 1.54) is 13.2 Å². The molecule has 0 bridgehead atoms. The number of nitro benzene ring substituents is 1. The highest BCUT2D eigenvalue weighted by molar-refractivity contribution is 5.60. The van der Waals surface area contributed by atoms with E-state index in [1.54, 1.807) is 0 Å². The van der Waals surface area contributed by atoms with E-state index in [9.17, 15) is 14.5 Å². The van der Waals surface area contributed by atoms with E-state index in [-0.39, 0.29) is 17.5 Å². The van der Waals surface area contributed by atoms with Crippen LogP contribution in [-0.4, -0.2) is 31.2 Å². The van der Waals surface area contributed by atoms with Gasteiger partial charge in [-0.3, -0.25) is 10.1 Å². The molecule has 1 fully saturated rings. The zero-order valence-electron chi connectivity index (χ0n) is 12.2. The molecule has 2 rings (SSSR count). The van der Waals surface area contributed by atoms with Gasteiger partial charge in [0.1, 0.15) is 0 Å². The number of hydrogen-bond donors (Lipinski definition) is 1. The molecule has 1 saturated heterocycles. The fourth-order valence-electron chi connectivity index (χ4n) is 2.78. The van der Waals surface area contributed by atoms with Gasteiger partial charge in [0.15, 0.2) is 11.6 Å². The zero-order chi connectivity index (χ0) is 15.6. The molecule has 0 saturated carbocycles. The third kappa shape index (κ3) is 3.07.